The van der Waals surface area contributed by atoms with Crippen molar-refractivity contribution < 1.29 is 9.21 Å². The normalized spacial score (nSPS) is 14.8. The maximum Gasteiger partial charge on any atom is 0.291 e. The van der Waals surface area contributed by atoms with Crippen molar-refractivity contribution in [3.63, 3.8) is 0 Å². The second-order valence-corrected chi connectivity index (χ2v) is 7.32. The summed E-state index contributed by atoms with van der Waals surface area (Å²) in [5.41, 5.74) is 4.62. The topological polar surface area (TPSA) is 48.7 Å². The van der Waals surface area contributed by atoms with Crippen LogP contribution in [0.4, 0.5) is 11.4 Å². The third-order valence-electron chi connectivity index (χ3n) is 5.30. The highest BCUT2D eigenvalue weighted by Crippen LogP contribution is 2.30. The minimum Gasteiger partial charge on any atom is -0.451 e. The summed E-state index contributed by atoms with van der Waals surface area (Å²) >= 11 is 0. The lowest BCUT2D eigenvalue weighted by molar-refractivity contribution is 0.0998. The first-order valence-corrected chi connectivity index (χ1v) is 9.36. The average molecular weight is 400 g/mol. The number of hydrogen-bond acceptors (Lipinski definition) is 4. The summed E-state index contributed by atoms with van der Waals surface area (Å²) in [5, 5.41) is 4.05. The van der Waals surface area contributed by atoms with Gasteiger partial charge in [0.2, 0.25) is 0 Å². The van der Waals surface area contributed by atoms with E-state index in [1.807, 2.05) is 50.2 Å². The first-order valence-electron chi connectivity index (χ1n) is 9.36. The predicted octanol–water partition coefficient (Wildman–Crippen LogP) is 4.48. The smallest absolute Gasteiger partial charge is 0.291 e. The number of amides is 1. The molecule has 0 spiro atoms. The number of piperazine rings is 1. The second kappa shape index (κ2) is 8.25. The van der Waals surface area contributed by atoms with E-state index in [2.05, 4.69) is 28.2 Å². The molecule has 1 aliphatic heterocycles. The zero-order valence-electron chi connectivity index (χ0n) is 16.5. The largest absolute Gasteiger partial charge is 0.451 e. The number of nitrogens with zero attached hydrogens (tertiary/aromatic N) is 2. The number of para-hydroxylation sites is 2. The van der Waals surface area contributed by atoms with E-state index >= 15 is 0 Å². The van der Waals surface area contributed by atoms with Crippen LogP contribution in [0.2, 0.25) is 0 Å². The standard InChI is InChI=1S/C22H25N3O2.ClH/c1-15-8-9-17-16(2)21(27-20(17)14-15)22(26)23-18-6-4-5-7-19(18)25-12-10-24(3)11-13-25;/h4-9,14H,10-13H2,1-3H3,(H,23,26);1H. The summed E-state index contributed by atoms with van der Waals surface area (Å²) in [4.78, 5) is 17.6. The molecule has 0 aliphatic carbocycles. The highest BCUT2D eigenvalue weighted by Gasteiger charge is 2.21. The number of nitrogens with one attached hydrogen (secondary N) is 1. The van der Waals surface area contributed by atoms with Crippen molar-refractivity contribution in [2.45, 2.75) is 13.8 Å². The molecule has 1 amide bonds. The SMILES string of the molecule is Cc1ccc2c(C)c(C(=O)Nc3ccccc3N3CCN(C)CC3)oc2c1.Cl. The molecule has 1 aromatic heterocycles. The number of carbonyl (C=O) groups excluding carboxylic acids is 1. The Kier molecular flexibility index (Phi) is 5.96. The van der Waals surface area contributed by atoms with Crippen LogP contribution in [0, 0.1) is 13.8 Å². The van der Waals surface area contributed by atoms with Crippen LogP contribution in [0.5, 0.6) is 0 Å². The molecule has 2 aromatic carbocycles. The van der Waals surface area contributed by atoms with E-state index in [1.54, 1.807) is 0 Å². The Bertz CT molecular complexity index is 991. The lowest BCUT2D eigenvalue weighted by atomic mass is 10.1. The number of anilines is 2. The highest BCUT2D eigenvalue weighted by molar-refractivity contribution is 6.07. The maximum absolute atomic E-state index is 12.9. The Balaban J connectivity index is 0.00000225. The molecule has 0 atom stereocenters. The number of fused-ring (bicyclic) bond motifs is 1. The van der Waals surface area contributed by atoms with Crippen molar-refractivity contribution in [2.75, 3.05) is 43.4 Å². The lowest BCUT2D eigenvalue weighted by Crippen LogP contribution is -2.44. The molecule has 4 rings (SSSR count). The molecule has 1 aliphatic rings. The zero-order valence-corrected chi connectivity index (χ0v) is 17.3. The fourth-order valence-corrected chi connectivity index (χ4v) is 3.63. The van der Waals surface area contributed by atoms with Gasteiger partial charge in [0.25, 0.3) is 5.91 Å². The van der Waals surface area contributed by atoms with Gasteiger partial charge in [-0.3, -0.25) is 4.79 Å². The van der Waals surface area contributed by atoms with Gasteiger partial charge in [-0.2, -0.15) is 0 Å². The Morgan fingerprint density at radius 3 is 2.50 bits per heavy atom. The summed E-state index contributed by atoms with van der Waals surface area (Å²) in [6, 6.07) is 14.0. The van der Waals surface area contributed by atoms with Crippen molar-refractivity contribution in [1.29, 1.82) is 0 Å². The Morgan fingerprint density at radius 2 is 1.75 bits per heavy atom. The van der Waals surface area contributed by atoms with Crippen molar-refractivity contribution in [2.24, 2.45) is 0 Å². The molecule has 148 valence electrons. The van der Waals surface area contributed by atoms with E-state index in [0.29, 0.717) is 5.76 Å². The van der Waals surface area contributed by atoms with E-state index in [1.165, 1.54) is 0 Å². The van der Waals surface area contributed by atoms with E-state index < -0.39 is 0 Å². The first kappa shape index (κ1) is 20.2. The van der Waals surface area contributed by atoms with Crippen LogP contribution < -0.4 is 10.2 Å². The summed E-state index contributed by atoms with van der Waals surface area (Å²) in [7, 11) is 2.14. The number of halogens is 1. The van der Waals surface area contributed by atoms with Gasteiger partial charge < -0.3 is 19.5 Å². The fourth-order valence-electron chi connectivity index (χ4n) is 3.63. The van der Waals surface area contributed by atoms with Gasteiger partial charge in [0.15, 0.2) is 5.76 Å². The minimum absolute atomic E-state index is 0. The fraction of sp³-hybridized carbons (Fsp3) is 0.318. The lowest BCUT2D eigenvalue weighted by Gasteiger charge is -2.35. The average Bonchev–Trinajstić information content (AvgIpc) is 2.99. The predicted molar refractivity (Wildman–Crippen MR) is 117 cm³/mol. The van der Waals surface area contributed by atoms with Gasteiger partial charge >= 0.3 is 0 Å². The summed E-state index contributed by atoms with van der Waals surface area (Å²) < 4.78 is 5.88. The first-order chi connectivity index (χ1) is 13.0. The number of hydrogen-bond donors (Lipinski definition) is 1. The van der Waals surface area contributed by atoms with Crippen LogP contribution in [-0.2, 0) is 0 Å². The second-order valence-electron chi connectivity index (χ2n) is 7.32. The number of aryl methyl sites for hydroxylation is 2. The molecule has 1 N–H and O–H groups in total. The van der Waals surface area contributed by atoms with Crippen molar-refractivity contribution in [3.8, 4) is 0 Å². The Hall–Kier alpha value is -2.50. The van der Waals surface area contributed by atoms with Crippen LogP contribution in [0.15, 0.2) is 46.9 Å². The molecule has 28 heavy (non-hydrogen) atoms. The van der Waals surface area contributed by atoms with E-state index in [4.69, 9.17) is 4.42 Å². The van der Waals surface area contributed by atoms with E-state index in [-0.39, 0.29) is 18.3 Å². The molecule has 0 bridgehead atoms. The third-order valence-corrected chi connectivity index (χ3v) is 5.30. The molecule has 0 saturated carbocycles. The third kappa shape index (κ3) is 3.86. The van der Waals surface area contributed by atoms with Gasteiger partial charge in [0, 0.05) is 37.1 Å². The summed E-state index contributed by atoms with van der Waals surface area (Å²) in [6.45, 7) is 7.89. The van der Waals surface area contributed by atoms with Gasteiger partial charge in [0.1, 0.15) is 5.58 Å². The number of benzene rings is 2. The quantitative estimate of drug-likeness (QED) is 0.705. The van der Waals surface area contributed by atoms with E-state index in [9.17, 15) is 4.79 Å². The zero-order chi connectivity index (χ0) is 19.0. The maximum atomic E-state index is 12.9. The molecule has 1 saturated heterocycles. The Labute approximate surface area is 171 Å². The van der Waals surface area contributed by atoms with Gasteiger partial charge in [-0.15, -0.1) is 12.4 Å². The van der Waals surface area contributed by atoms with Crippen LogP contribution in [-0.4, -0.2) is 44.0 Å². The monoisotopic (exact) mass is 399 g/mol. The van der Waals surface area contributed by atoms with Gasteiger partial charge in [0.05, 0.1) is 11.4 Å². The molecular formula is C22H26ClN3O2. The molecule has 6 heteroatoms. The number of furan rings is 1. The molecule has 2 heterocycles. The molecule has 3 aromatic rings. The molecule has 0 unspecified atom stereocenters. The van der Waals surface area contributed by atoms with Gasteiger partial charge in [-0.1, -0.05) is 24.3 Å². The molecular weight excluding hydrogens is 374 g/mol. The molecule has 1 fully saturated rings. The molecule has 5 nitrogen and oxygen atoms in total. The number of rotatable bonds is 3. The van der Waals surface area contributed by atoms with Gasteiger partial charge in [-0.05, 0) is 44.7 Å². The summed E-state index contributed by atoms with van der Waals surface area (Å²) in [5.74, 6) is 0.173. The van der Waals surface area contributed by atoms with Crippen LogP contribution in [0.1, 0.15) is 21.7 Å². The molecule has 0 radical (unpaired) electrons. The summed E-state index contributed by atoms with van der Waals surface area (Å²) in [6.07, 6.45) is 0. The van der Waals surface area contributed by atoms with Crippen molar-refractivity contribution in [3.05, 3.63) is 59.4 Å². The minimum atomic E-state index is -0.206. The highest BCUT2D eigenvalue weighted by atomic mass is 35.5. The number of likely N-dealkylation sites (N-methyl/N-ethyl adjacent to an activating group) is 1. The van der Waals surface area contributed by atoms with Gasteiger partial charge in [-0.25, -0.2) is 0 Å². The van der Waals surface area contributed by atoms with Crippen molar-refractivity contribution >= 4 is 40.7 Å². The van der Waals surface area contributed by atoms with Crippen molar-refractivity contribution in [1.82, 2.24) is 4.90 Å². The van der Waals surface area contributed by atoms with E-state index in [0.717, 1.165) is 59.6 Å². The van der Waals surface area contributed by atoms with Crippen LogP contribution >= 0.6 is 12.4 Å². The number of carbonyl (C=O) groups is 1. The Morgan fingerprint density at radius 1 is 1.04 bits per heavy atom. The van der Waals surface area contributed by atoms with Crippen LogP contribution in [0.25, 0.3) is 11.0 Å². The van der Waals surface area contributed by atoms with Crippen LogP contribution in [0.3, 0.4) is 0 Å².